The summed E-state index contributed by atoms with van der Waals surface area (Å²) < 4.78 is 0. The molecule has 0 bridgehead atoms. The van der Waals surface area contributed by atoms with Crippen molar-refractivity contribution in [2.24, 2.45) is 23.2 Å². The van der Waals surface area contributed by atoms with Crippen LogP contribution in [0.5, 0.6) is 0 Å². The Kier molecular flexibility index (Phi) is 4.12. The summed E-state index contributed by atoms with van der Waals surface area (Å²) in [5, 5.41) is 0. The summed E-state index contributed by atoms with van der Waals surface area (Å²) >= 11 is 3.54. The average Bonchev–Trinajstić information content (AvgIpc) is 2.66. The largest absolute Gasteiger partial charge is 0.303 e. The van der Waals surface area contributed by atoms with Crippen LogP contribution in [-0.4, -0.2) is 6.29 Å². The van der Waals surface area contributed by atoms with Gasteiger partial charge in [-0.15, -0.1) is 0 Å². The number of rotatable bonds is 3. The lowest BCUT2D eigenvalue weighted by atomic mass is 9.61. The van der Waals surface area contributed by atoms with Crippen LogP contribution in [0.15, 0.2) is 10.6 Å². The van der Waals surface area contributed by atoms with E-state index in [1.807, 2.05) is 0 Å². The zero-order chi connectivity index (χ0) is 12.5. The van der Waals surface area contributed by atoms with Crippen LogP contribution in [0.25, 0.3) is 0 Å². The molecule has 2 saturated carbocycles. The summed E-state index contributed by atoms with van der Waals surface area (Å²) in [7, 11) is 0. The van der Waals surface area contributed by atoms with Crippen molar-refractivity contribution in [3.05, 3.63) is 10.6 Å². The predicted molar refractivity (Wildman–Crippen MR) is 75.0 cm³/mol. The average molecular weight is 299 g/mol. The highest BCUT2D eigenvalue weighted by molar-refractivity contribution is 9.11. The number of carbonyl (C=O) groups is 1. The lowest BCUT2D eigenvalue weighted by molar-refractivity contribution is -0.109. The fraction of sp³-hybridized carbons (Fsp3) is 0.800. The topological polar surface area (TPSA) is 17.1 Å². The van der Waals surface area contributed by atoms with Crippen molar-refractivity contribution < 1.29 is 4.79 Å². The Labute approximate surface area is 113 Å². The first kappa shape index (κ1) is 13.3. The molecule has 2 aliphatic rings. The van der Waals surface area contributed by atoms with Crippen LogP contribution >= 0.6 is 15.9 Å². The molecule has 2 rings (SSSR count). The fourth-order valence-corrected chi connectivity index (χ4v) is 5.01. The maximum atomic E-state index is 10.7. The second kappa shape index (κ2) is 5.26. The van der Waals surface area contributed by atoms with E-state index < -0.39 is 0 Å². The van der Waals surface area contributed by atoms with Crippen LogP contribution < -0.4 is 0 Å². The minimum absolute atomic E-state index is 0.445. The van der Waals surface area contributed by atoms with E-state index in [9.17, 15) is 4.79 Å². The third-order valence-electron chi connectivity index (χ3n) is 5.33. The molecule has 1 nitrogen and oxygen atoms in total. The molecule has 2 fully saturated rings. The van der Waals surface area contributed by atoms with Crippen molar-refractivity contribution >= 4 is 22.2 Å². The predicted octanol–water partition coefficient (Wildman–Crippen LogP) is 4.71. The molecule has 0 aliphatic heterocycles. The number of hydrogen-bond acceptors (Lipinski definition) is 1. The van der Waals surface area contributed by atoms with Crippen molar-refractivity contribution in [2.75, 3.05) is 0 Å². The molecule has 2 aliphatic carbocycles. The van der Waals surface area contributed by atoms with Crippen molar-refractivity contribution in [3.8, 4) is 0 Å². The van der Waals surface area contributed by atoms with Gasteiger partial charge >= 0.3 is 0 Å². The summed E-state index contributed by atoms with van der Waals surface area (Å²) in [4.78, 5) is 12.9. The van der Waals surface area contributed by atoms with Crippen LogP contribution in [0.1, 0.15) is 52.4 Å². The van der Waals surface area contributed by atoms with Gasteiger partial charge in [-0.05, 0) is 60.3 Å². The first-order chi connectivity index (χ1) is 8.13. The number of fused-ring (bicyclic) bond motifs is 1. The summed E-state index contributed by atoms with van der Waals surface area (Å²) in [6, 6.07) is 0. The van der Waals surface area contributed by atoms with E-state index in [0.29, 0.717) is 11.3 Å². The lowest BCUT2D eigenvalue weighted by Gasteiger charge is -2.44. The summed E-state index contributed by atoms with van der Waals surface area (Å²) in [6.45, 7) is 4.73. The number of hydrogen-bond donors (Lipinski definition) is 0. The van der Waals surface area contributed by atoms with Gasteiger partial charge in [-0.25, -0.2) is 0 Å². The zero-order valence-electron chi connectivity index (χ0n) is 10.9. The number of allylic oxidation sites excluding steroid dienone is 1. The lowest BCUT2D eigenvalue weighted by Crippen LogP contribution is -2.36. The van der Waals surface area contributed by atoms with Gasteiger partial charge in [-0.2, -0.15) is 0 Å². The van der Waals surface area contributed by atoms with E-state index in [1.54, 1.807) is 5.57 Å². The van der Waals surface area contributed by atoms with Gasteiger partial charge in [0.15, 0.2) is 0 Å². The van der Waals surface area contributed by atoms with Crippen LogP contribution in [-0.2, 0) is 4.79 Å². The molecule has 4 atom stereocenters. The van der Waals surface area contributed by atoms with E-state index in [0.717, 1.165) is 24.5 Å². The monoisotopic (exact) mass is 298 g/mol. The molecule has 0 saturated heterocycles. The first-order valence-corrected chi connectivity index (χ1v) is 7.78. The smallest absolute Gasteiger partial charge is 0.120 e. The Morgan fingerprint density at radius 3 is 2.94 bits per heavy atom. The molecular formula is C15H23BrO. The van der Waals surface area contributed by atoms with Gasteiger partial charge < -0.3 is 4.79 Å². The highest BCUT2D eigenvalue weighted by atomic mass is 79.9. The Morgan fingerprint density at radius 1 is 1.53 bits per heavy atom. The van der Waals surface area contributed by atoms with E-state index in [2.05, 4.69) is 34.8 Å². The first-order valence-electron chi connectivity index (χ1n) is 6.86. The molecule has 96 valence electrons. The normalized spacial score (nSPS) is 41.2. The maximum Gasteiger partial charge on any atom is 0.120 e. The number of aldehydes is 1. The van der Waals surface area contributed by atoms with Crippen LogP contribution in [0.4, 0.5) is 0 Å². The Morgan fingerprint density at radius 2 is 2.29 bits per heavy atom. The number of carbonyl (C=O) groups excluding carboxylic acids is 1. The van der Waals surface area contributed by atoms with E-state index in [4.69, 9.17) is 0 Å². The second-order valence-corrected chi connectivity index (χ2v) is 6.62. The molecule has 0 aromatic heterocycles. The second-order valence-electron chi connectivity index (χ2n) is 6.16. The summed E-state index contributed by atoms with van der Waals surface area (Å²) in [5.74, 6) is 2.05. The van der Waals surface area contributed by atoms with Gasteiger partial charge in [0.25, 0.3) is 0 Å². The Bertz CT molecular complexity index is 323. The minimum Gasteiger partial charge on any atom is -0.303 e. The van der Waals surface area contributed by atoms with E-state index in [1.165, 1.54) is 32.1 Å². The maximum absolute atomic E-state index is 10.7. The minimum atomic E-state index is 0.445. The van der Waals surface area contributed by atoms with Crippen molar-refractivity contribution in [3.63, 3.8) is 0 Å². The van der Waals surface area contributed by atoms with E-state index in [-0.39, 0.29) is 0 Å². The van der Waals surface area contributed by atoms with Crippen LogP contribution in [0, 0.1) is 23.2 Å². The molecule has 0 aromatic rings. The third-order valence-corrected chi connectivity index (χ3v) is 5.92. The highest BCUT2D eigenvalue weighted by Gasteiger charge is 2.50. The van der Waals surface area contributed by atoms with E-state index >= 15 is 0 Å². The van der Waals surface area contributed by atoms with Gasteiger partial charge in [0.1, 0.15) is 6.29 Å². The molecule has 0 heterocycles. The standard InChI is InChI=1S/C15H23BrO/c1-11(7-9-17)13-5-6-14-12(10-16)4-3-8-15(13,14)2/h9-11,13-14H,3-8H2,1-2H3/b12-10+/t11?,13-,14?,15-/m1/s1. The zero-order valence-corrected chi connectivity index (χ0v) is 12.5. The quantitative estimate of drug-likeness (QED) is 0.690. The molecule has 17 heavy (non-hydrogen) atoms. The van der Waals surface area contributed by atoms with Gasteiger partial charge in [-0.1, -0.05) is 35.4 Å². The molecule has 2 heteroatoms. The molecule has 0 radical (unpaired) electrons. The molecule has 0 amide bonds. The summed E-state index contributed by atoms with van der Waals surface area (Å²) in [5.41, 5.74) is 2.06. The molecule has 2 unspecified atom stereocenters. The third kappa shape index (κ3) is 2.25. The molecule has 0 spiro atoms. The van der Waals surface area contributed by atoms with Gasteiger partial charge in [-0.3, -0.25) is 0 Å². The Hall–Kier alpha value is -0.110. The van der Waals surface area contributed by atoms with Crippen molar-refractivity contribution in [1.29, 1.82) is 0 Å². The van der Waals surface area contributed by atoms with Gasteiger partial charge in [0.05, 0.1) is 0 Å². The highest BCUT2D eigenvalue weighted by Crippen LogP contribution is 2.59. The molecule has 0 N–H and O–H groups in total. The number of halogens is 1. The Balaban J connectivity index is 2.20. The summed E-state index contributed by atoms with van der Waals surface area (Å²) in [6.07, 6.45) is 8.39. The van der Waals surface area contributed by atoms with Crippen molar-refractivity contribution in [2.45, 2.75) is 52.4 Å². The molecular weight excluding hydrogens is 276 g/mol. The van der Waals surface area contributed by atoms with Crippen molar-refractivity contribution in [1.82, 2.24) is 0 Å². The van der Waals surface area contributed by atoms with Crippen LogP contribution in [0.2, 0.25) is 0 Å². The van der Waals surface area contributed by atoms with Gasteiger partial charge in [0.2, 0.25) is 0 Å². The van der Waals surface area contributed by atoms with Crippen LogP contribution in [0.3, 0.4) is 0 Å². The molecule has 0 aromatic carbocycles. The fourth-order valence-electron chi connectivity index (χ4n) is 4.46. The SMILES string of the molecule is CC(CC=O)[C@H]1CCC2/C(=C/Br)CCC[C@@]21C. The van der Waals surface area contributed by atoms with Gasteiger partial charge in [0, 0.05) is 6.42 Å².